The molecule has 0 N–H and O–H groups in total. The Kier molecular flexibility index (Phi) is 4.51. The highest BCUT2D eigenvalue weighted by atomic mass is 16.2. The second kappa shape index (κ2) is 5.46. The normalized spacial score (nSPS) is 19.2. The van der Waals surface area contributed by atoms with Gasteiger partial charge in [-0.25, -0.2) is 0 Å². The lowest BCUT2D eigenvalue weighted by Crippen LogP contribution is -2.46. The van der Waals surface area contributed by atoms with E-state index < -0.39 is 5.54 Å². The number of carbonyl (C=O) groups excluding carboxylic acids is 2. The molecule has 16 heavy (non-hydrogen) atoms. The molecule has 0 unspecified atom stereocenters. The van der Waals surface area contributed by atoms with Crippen molar-refractivity contribution in [1.82, 2.24) is 4.90 Å². The quantitative estimate of drug-likeness (QED) is 0.674. The molecule has 0 radical (unpaired) electrons. The van der Waals surface area contributed by atoms with Gasteiger partial charge in [0.2, 0.25) is 5.91 Å². The summed E-state index contributed by atoms with van der Waals surface area (Å²) in [7, 11) is 0. The standard InChI is InChI=1S/C13H23NO2/c1-4-5-6-7-8-12(16)14-10-9-11(15)13(14,2)3/h4-10H2,1-3H3. The molecule has 1 heterocycles. The lowest BCUT2D eigenvalue weighted by Gasteiger charge is -2.30. The van der Waals surface area contributed by atoms with E-state index in [2.05, 4.69) is 6.92 Å². The summed E-state index contributed by atoms with van der Waals surface area (Å²) in [5, 5.41) is 0. The van der Waals surface area contributed by atoms with Crippen LogP contribution in [0.25, 0.3) is 0 Å². The number of ketones is 1. The molecule has 0 aromatic rings. The fourth-order valence-corrected chi connectivity index (χ4v) is 2.22. The van der Waals surface area contributed by atoms with Gasteiger partial charge in [0.05, 0.1) is 5.54 Å². The minimum absolute atomic E-state index is 0.145. The summed E-state index contributed by atoms with van der Waals surface area (Å²) in [5.74, 6) is 0.335. The van der Waals surface area contributed by atoms with Crippen LogP contribution in [0.2, 0.25) is 0 Å². The number of hydrogen-bond acceptors (Lipinski definition) is 2. The zero-order chi connectivity index (χ0) is 12.2. The average Bonchev–Trinajstić information content (AvgIpc) is 2.49. The highest BCUT2D eigenvalue weighted by Gasteiger charge is 2.42. The maximum atomic E-state index is 11.9. The number of amides is 1. The fraction of sp³-hybridized carbons (Fsp3) is 0.846. The van der Waals surface area contributed by atoms with Crippen LogP contribution in [0, 0.1) is 0 Å². The lowest BCUT2D eigenvalue weighted by molar-refractivity contribution is -0.138. The Morgan fingerprint density at radius 2 is 2.00 bits per heavy atom. The van der Waals surface area contributed by atoms with Gasteiger partial charge in [0.1, 0.15) is 0 Å². The van der Waals surface area contributed by atoms with E-state index in [4.69, 9.17) is 0 Å². The van der Waals surface area contributed by atoms with Gasteiger partial charge >= 0.3 is 0 Å². The minimum atomic E-state index is -0.568. The molecular formula is C13H23NO2. The Hall–Kier alpha value is -0.860. The maximum absolute atomic E-state index is 11.9. The number of likely N-dealkylation sites (tertiary alicyclic amines) is 1. The van der Waals surface area contributed by atoms with E-state index in [0.29, 0.717) is 19.4 Å². The van der Waals surface area contributed by atoms with Gasteiger partial charge in [-0.3, -0.25) is 9.59 Å². The predicted octanol–water partition coefficient (Wildman–Crippen LogP) is 2.54. The van der Waals surface area contributed by atoms with Gasteiger partial charge in [-0.15, -0.1) is 0 Å². The van der Waals surface area contributed by atoms with Crippen LogP contribution in [0.3, 0.4) is 0 Å². The molecule has 92 valence electrons. The molecule has 0 saturated carbocycles. The third kappa shape index (κ3) is 2.83. The fourth-order valence-electron chi connectivity index (χ4n) is 2.22. The van der Waals surface area contributed by atoms with Crippen molar-refractivity contribution in [3.63, 3.8) is 0 Å². The number of carbonyl (C=O) groups is 2. The largest absolute Gasteiger partial charge is 0.330 e. The van der Waals surface area contributed by atoms with Gasteiger partial charge in [-0.2, -0.15) is 0 Å². The van der Waals surface area contributed by atoms with E-state index in [1.165, 1.54) is 12.8 Å². The number of nitrogens with zero attached hydrogens (tertiary/aromatic N) is 1. The van der Waals surface area contributed by atoms with Gasteiger partial charge in [0.25, 0.3) is 0 Å². The van der Waals surface area contributed by atoms with Crippen molar-refractivity contribution >= 4 is 11.7 Å². The van der Waals surface area contributed by atoms with Crippen LogP contribution in [0.5, 0.6) is 0 Å². The summed E-state index contributed by atoms with van der Waals surface area (Å²) < 4.78 is 0. The summed E-state index contributed by atoms with van der Waals surface area (Å²) in [6.45, 7) is 6.47. The average molecular weight is 225 g/mol. The first-order valence-corrected chi connectivity index (χ1v) is 6.34. The van der Waals surface area contributed by atoms with Gasteiger partial charge in [-0.1, -0.05) is 26.2 Å². The van der Waals surface area contributed by atoms with Crippen molar-refractivity contribution in [3.05, 3.63) is 0 Å². The maximum Gasteiger partial charge on any atom is 0.223 e. The Morgan fingerprint density at radius 1 is 1.31 bits per heavy atom. The smallest absolute Gasteiger partial charge is 0.223 e. The molecule has 0 spiro atoms. The summed E-state index contributed by atoms with van der Waals surface area (Å²) in [5.41, 5.74) is -0.568. The third-order valence-electron chi connectivity index (χ3n) is 3.46. The molecule has 1 rings (SSSR count). The van der Waals surface area contributed by atoms with Crippen molar-refractivity contribution in [2.45, 2.75) is 64.8 Å². The van der Waals surface area contributed by atoms with E-state index in [9.17, 15) is 9.59 Å². The summed E-state index contributed by atoms with van der Waals surface area (Å²) in [6.07, 6.45) is 5.56. The number of unbranched alkanes of at least 4 members (excludes halogenated alkanes) is 3. The van der Waals surface area contributed by atoms with Crippen LogP contribution >= 0.6 is 0 Å². The molecule has 1 saturated heterocycles. The molecule has 0 atom stereocenters. The van der Waals surface area contributed by atoms with Crippen LogP contribution < -0.4 is 0 Å². The topological polar surface area (TPSA) is 37.4 Å². The molecule has 0 bridgehead atoms. The van der Waals surface area contributed by atoms with E-state index in [1.807, 2.05) is 13.8 Å². The second-order valence-electron chi connectivity index (χ2n) is 5.09. The van der Waals surface area contributed by atoms with Gasteiger partial charge < -0.3 is 4.90 Å². The lowest BCUT2D eigenvalue weighted by atomic mass is 10.00. The summed E-state index contributed by atoms with van der Waals surface area (Å²) >= 11 is 0. The second-order valence-corrected chi connectivity index (χ2v) is 5.09. The molecule has 1 aliphatic rings. The van der Waals surface area contributed by atoms with Crippen molar-refractivity contribution in [2.75, 3.05) is 6.54 Å². The highest BCUT2D eigenvalue weighted by molar-refractivity contribution is 5.95. The molecule has 3 heteroatoms. The van der Waals surface area contributed by atoms with Gasteiger partial charge in [-0.05, 0) is 20.3 Å². The van der Waals surface area contributed by atoms with Gasteiger partial charge in [0, 0.05) is 19.4 Å². The minimum Gasteiger partial charge on any atom is -0.330 e. The number of Topliss-reactive ketones (excluding diaryl/α,β-unsaturated/α-hetero) is 1. The molecule has 0 aliphatic carbocycles. The molecule has 1 aliphatic heterocycles. The van der Waals surface area contributed by atoms with Crippen LogP contribution in [-0.2, 0) is 9.59 Å². The first-order chi connectivity index (χ1) is 7.50. The number of hydrogen-bond donors (Lipinski definition) is 0. The molecule has 0 aromatic carbocycles. The van der Waals surface area contributed by atoms with Crippen molar-refractivity contribution in [1.29, 1.82) is 0 Å². The Balaban J connectivity index is 2.40. The SMILES string of the molecule is CCCCCCC(=O)N1CCC(=O)C1(C)C. The van der Waals surface area contributed by atoms with Gasteiger partial charge in [0.15, 0.2) is 5.78 Å². The highest BCUT2D eigenvalue weighted by Crippen LogP contribution is 2.26. The Labute approximate surface area is 98.2 Å². The van der Waals surface area contributed by atoms with Crippen LogP contribution in [0.4, 0.5) is 0 Å². The van der Waals surface area contributed by atoms with Crippen molar-refractivity contribution in [3.8, 4) is 0 Å². The number of rotatable bonds is 5. The van der Waals surface area contributed by atoms with E-state index >= 15 is 0 Å². The predicted molar refractivity (Wildman–Crippen MR) is 64.2 cm³/mol. The first kappa shape index (κ1) is 13.2. The molecule has 1 amide bonds. The van der Waals surface area contributed by atoms with Crippen molar-refractivity contribution < 1.29 is 9.59 Å². The Morgan fingerprint density at radius 3 is 2.50 bits per heavy atom. The van der Waals surface area contributed by atoms with E-state index in [0.717, 1.165) is 12.8 Å². The van der Waals surface area contributed by atoms with Crippen LogP contribution in [0.15, 0.2) is 0 Å². The zero-order valence-electron chi connectivity index (χ0n) is 10.7. The van der Waals surface area contributed by atoms with Crippen molar-refractivity contribution in [2.24, 2.45) is 0 Å². The zero-order valence-corrected chi connectivity index (χ0v) is 10.7. The molecular weight excluding hydrogens is 202 g/mol. The molecule has 0 aromatic heterocycles. The van der Waals surface area contributed by atoms with Crippen LogP contribution in [-0.4, -0.2) is 28.7 Å². The summed E-state index contributed by atoms with van der Waals surface area (Å²) in [4.78, 5) is 25.3. The van der Waals surface area contributed by atoms with E-state index in [1.54, 1.807) is 4.90 Å². The molecule has 1 fully saturated rings. The Bertz CT molecular complexity index is 271. The molecule has 3 nitrogen and oxygen atoms in total. The summed E-state index contributed by atoms with van der Waals surface area (Å²) in [6, 6.07) is 0. The van der Waals surface area contributed by atoms with Crippen LogP contribution in [0.1, 0.15) is 59.3 Å². The third-order valence-corrected chi connectivity index (χ3v) is 3.46. The first-order valence-electron chi connectivity index (χ1n) is 6.34. The van der Waals surface area contributed by atoms with E-state index in [-0.39, 0.29) is 11.7 Å². The monoisotopic (exact) mass is 225 g/mol.